The van der Waals surface area contributed by atoms with Gasteiger partial charge in [0.1, 0.15) is 5.15 Å². The van der Waals surface area contributed by atoms with Crippen LogP contribution in [0.4, 0.5) is 8.78 Å². The van der Waals surface area contributed by atoms with E-state index in [0.29, 0.717) is 0 Å². The van der Waals surface area contributed by atoms with Crippen molar-refractivity contribution >= 4 is 27.5 Å². The molecule has 0 bridgehead atoms. The molecule has 1 heterocycles. The molecule has 0 saturated carbocycles. The van der Waals surface area contributed by atoms with Crippen LogP contribution in [-0.2, 0) is 5.92 Å². The lowest BCUT2D eigenvalue weighted by Gasteiger charge is -2.16. The first-order valence-corrected chi connectivity index (χ1v) is 5.04. The normalized spacial score (nSPS) is 11.8. The maximum absolute atomic E-state index is 13.4. The molecular weight excluding hydrogens is 277 g/mol. The summed E-state index contributed by atoms with van der Waals surface area (Å²) in [5.41, 5.74) is 4.92. The van der Waals surface area contributed by atoms with Gasteiger partial charge in [0.2, 0.25) is 0 Å². The third kappa shape index (κ3) is 2.62. The van der Waals surface area contributed by atoms with Crippen molar-refractivity contribution < 1.29 is 8.78 Å². The van der Waals surface area contributed by atoms with Crippen molar-refractivity contribution in [2.24, 2.45) is 5.73 Å². The van der Waals surface area contributed by atoms with Crippen LogP contribution in [-0.4, -0.2) is 11.5 Å². The average Bonchev–Trinajstić information content (AvgIpc) is 2.09. The standard InChI is InChI=1S/C8H8BrClF2N2/c9-6-4-14-7(10)3-5(6)8(11,12)1-2-13/h3-4H,1-2,13H2. The topological polar surface area (TPSA) is 38.9 Å². The van der Waals surface area contributed by atoms with Crippen LogP contribution in [0, 0.1) is 0 Å². The number of rotatable bonds is 3. The highest BCUT2D eigenvalue weighted by Crippen LogP contribution is 2.36. The van der Waals surface area contributed by atoms with Crippen molar-refractivity contribution in [3.63, 3.8) is 0 Å². The van der Waals surface area contributed by atoms with Gasteiger partial charge in [0.25, 0.3) is 5.92 Å². The van der Waals surface area contributed by atoms with E-state index >= 15 is 0 Å². The van der Waals surface area contributed by atoms with Crippen LogP contribution < -0.4 is 5.73 Å². The first kappa shape index (κ1) is 11.8. The molecule has 1 aromatic heterocycles. The highest BCUT2D eigenvalue weighted by Gasteiger charge is 2.32. The van der Waals surface area contributed by atoms with Crippen LogP contribution in [0.2, 0.25) is 5.15 Å². The molecule has 0 unspecified atom stereocenters. The minimum Gasteiger partial charge on any atom is -0.330 e. The van der Waals surface area contributed by atoms with E-state index in [4.69, 9.17) is 17.3 Å². The van der Waals surface area contributed by atoms with Crippen molar-refractivity contribution in [2.75, 3.05) is 6.54 Å². The van der Waals surface area contributed by atoms with Gasteiger partial charge in [0.05, 0.1) is 0 Å². The molecule has 0 amide bonds. The number of pyridine rings is 1. The first-order valence-electron chi connectivity index (χ1n) is 3.87. The molecule has 6 heteroatoms. The lowest BCUT2D eigenvalue weighted by atomic mass is 10.1. The zero-order chi connectivity index (χ0) is 10.8. The fraction of sp³-hybridized carbons (Fsp3) is 0.375. The second kappa shape index (κ2) is 4.51. The van der Waals surface area contributed by atoms with E-state index in [-0.39, 0.29) is 21.7 Å². The molecule has 0 fully saturated rings. The summed E-state index contributed by atoms with van der Waals surface area (Å²) in [4.78, 5) is 3.67. The SMILES string of the molecule is NCCC(F)(F)c1cc(Cl)ncc1Br. The van der Waals surface area contributed by atoms with Crippen molar-refractivity contribution in [3.8, 4) is 0 Å². The van der Waals surface area contributed by atoms with E-state index in [9.17, 15) is 8.78 Å². The molecule has 0 aromatic carbocycles. The van der Waals surface area contributed by atoms with Crippen molar-refractivity contribution in [1.29, 1.82) is 0 Å². The molecule has 0 spiro atoms. The van der Waals surface area contributed by atoms with Crippen LogP contribution in [0.5, 0.6) is 0 Å². The molecule has 2 N–H and O–H groups in total. The summed E-state index contributed by atoms with van der Waals surface area (Å²) < 4.78 is 27.0. The fourth-order valence-electron chi connectivity index (χ4n) is 1.01. The van der Waals surface area contributed by atoms with E-state index in [2.05, 4.69) is 20.9 Å². The Hall–Kier alpha value is -0.260. The third-order valence-electron chi connectivity index (χ3n) is 1.67. The van der Waals surface area contributed by atoms with Gasteiger partial charge < -0.3 is 5.73 Å². The number of hydrogen-bond donors (Lipinski definition) is 1. The maximum atomic E-state index is 13.4. The Kier molecular flexibility index (Phi) is 3.80. The highest BCUT2D eigenvalue weighted by molar-refractivity contribution is 9.10. The predicted octanol–water partition coefficient (Wildman–Crippen LogP) is 2.94. The number of nitrogens with zero attached hydrogens (tertiary/aromatic N) is 1. The zero-order valence-electron chi connectivity index (χ0n) is 7.11. The summed E-state index contributed by atoms with van der Waals surface area (Å²) in [5, 5.41) is 0.0416. The summed E-state index contributed by atoms with van der Waals surface area (Å²) in [6, 6.07) is 1.14. The molecule has 0 aliphatic carbocycles. The van der Waals surface area contributed by atoms with Crippen LogP contribution in [0.3, 0.4) is 0 Å². The second-order valence-electron chi connectivity index (χ2n) is 2.73. The number of halogens is 4. The van der Waals surface area contributed by atoms with Gasteiger partial charge >= 0.3 is 0 Å². The predicted molar refractivity (Wildman–Crippen MR) is 54.5 cm³/mol. The lowest BCUT2D eigenvalue weighted by molar-refractivity contribution is -0.0115. The summed E-state index contributed by atoms with van der Waals surface area (Å²) >= 11 is 8.52. The van der Waals surface area contributed by atoms with Crippen molar-refractivity contribution in [3.05, 3.63) is 27.5 Å². The van der Waals surface area contributed by atoms with Gasteiger partial charge in [0.15, 0.2) is 0 Å². The Morgan fingerprint density at radius 1 is 1.57 bits per heavy atom. The Morgan fingerprint density at radius 3 is 2.79 bits per heavy atom. The van der Waals surface area contributed by atoms with Crippen LogP contribution in [0.15, 0.2) is 16.7 Å². The van der Waals surface area contributed by atoms with Crippen molar-refractivity contribution in [1.82, 2.24) is 4.98 Å². The molecule has 0 saturated heterocycles. The van der Waals surface area contributed by atoms with Crippen LogP contribution in [0.25, 0.3) is 0 Å². The molecule has 0 aliphatic rings. The Morgan fingerprint density at radius 2 is 2.21 bits per heavy atom. The van der Waals surface area contributed by atoms with E-state index in [1.54, 1.807) is 0 Å². The second-order valence-corrected chi connectivity index (χ2v) is 3.97. The molecular formula is C8H8BrClF2N2. The minimum absolute atomic E-state index is 0.0416. The molecule has 1 aromatic rings. The summed E-state index contributed by atoms with van der Waals surface area (Å²) in [6.07, 6.45) is 0.841. The van der Waals surface area contributed by atoms with Gasteiger partial charge in [0, 0.05) is 22.7 Å². The number of aromatic nitrogens is 1. The summed E-state index contributed by atoms with van der Waals surface area (Å²) in [6.45, 7) is -0.0839. The van der Waals surface area contributed by atoms with Gasteiger partial charge in [-0.3, -0.25) is 0 Å². The molecule has 0 atom stereocenters. The molecule has 0 aliphatic heterocycles. The smallest absolute Gasteiger partial charge is 0.275 e. The number of alkyl halides is 2. The summed E-state index contributed by atoms with van der Waals surface area (Å²) in [5.74, 6) is -2.97. The van der Waals surface area contributed by atoms with Crippen molar-refractivity contribution in [2.45, 2.75) is 12.3 Å². The first-order chi connectivity index (χ1) is 6.47. The Bertz CT molecular complexity index is 333. The zero-order valence-corrected chi connectivity index (χ0v) is 9.45. The maximum Gasteiger partial charge on any atom is 0.275 e. The monoisotopic (exact) mass is 284 g/mol. The highest BCUT2D eigenvalue weighted by atomic mass is 79.9. The molecule has 2 nitrogen and oxygen atoms in total. The number of nitrogens with two attached hydrogens (primary N) is 1. The van der Waals surface area contributed by atoms with E-state index in [0.717, 1.165) is 6.07 Å². The summed E-state index contributed by atoms with van der Waals surface area (Å²) in [7, 11) is 0. The van der Waals surface area contributed by atoms with Crippen LogP contribution in [0.1, 0.15) is 12.0 Å². The van der Waals surface area contributed by atoms with Gasteiger partial charge in [-0.25, -0.2) is 13.8 Å². The molecule has 14 heavy (non-hydrogen) atoms. The lowest BCUT2D eigenvalue weighted by Crippen LogP contribution is -2.19. The molecule has 1 rings (SSSR count). The minimum atomic E-state index is -2.97. The Labute approximate surface area is 93.6 Å². The van der Waals surface area contributed by atoms with Gasteiger partial charge in [-0.2, -0.15) is 0 Å². The fourth-order valence-corrected chi connectivity index (χ4v) is 1.67. The van der Waals surface area contributed by atoms with E-state index < -0.39 is 12.3 Å². The third-order valence-corrected chi connectivity index (χ3v) is 2.51. The van der Waals surface area contributed by atoms with E-state index in [1.807, 2.05) is 0 Å². The molecule has 0 radical (unpaired) electrons. The van der Waals surface area contributed by atoms with Gasteiger partial charge in [-0.05, 0) is 28.5 Å². The molecule has 78 valence electrons. The van der Waals surface area contributed by atoms with Gasteiger partial charge in [-0.15, -0.1) is 0 Å². The quantitative estimate of drug-likeness (QED) is 0.867. The number of hydrogen-bond acceptors (Lipinski definition) is 2. The van der Waals surface area contributed by atoms with E-state index in [1.165, 1.54) is 6.20 Å². The largest absolute Gasteiger partial charge is 0.330 e. The van der Waals surface area contributed by atoms with Gasteiger partial charge in [-0.1, -0.05) is 11.6 Å². The average molecular weight is 286 g/mol. The Balaban J connectivity index is 3.10. The van der Waals surface area contributed by atoms with Crippen LogP contribution >= 0.6 is 27.5 Å².